The zero-order chi connectivity index (χ0) is 11.7. The number of hydrogen-bond donors (Lipinski definition) is 1. The molecule has 1 aromatic rings. The van der Waals surface area contributed by atoms with E-state index in [-0.39, 0.29) is 12.3 Å². The molecule has 1 aromatic carbocycles. The summed E-state index contributed by atoms with van der Waals surface area (Å²) in [4.78, 5) is 13.0. The van der Waals surface area contributed by atoms with Crippen LogP contribution in [0.1, 0.15) is 24.8 Å². The van der Waals surface area contributed by atoms with Crippen LogP contribution in [-0.4, -0.2) is 24.7 Å². The quantitative estimate of drug-likeness (QED) is 0.848. The van der Waals surface area contributed by atoms with Crippen molar-refractivity contribution in [2.45, 2.75) is 19.3 Å². The van der Waals surface area contributed by atoms with Gasteiger partial charge in [-0.15, -0.1) is 0 Å². The van der Waals surface area contributed by atoms with E-state index in [0.717, 1.165) is 6.54 Å². The molecule has 0 fully saturated rings. The first-order valence-corrected chi connectivity index (χ1v) is 5.61. The Balaban J connectivity index is 2.23. The summed E-state index contributed by atoms with van der Waals surface area (Å²) in [5, 5.41) is 8.84. The average molecular weight is 219 g/mol. The fourth-order valence-corrected chi connectivity index (χ4v) is 2.54. The standard InChI is InChI=1S/C13H17NO2/c1-9(7-13(15)16)11-8-14(2)12-6-4-3-5-10(11)12/h3-6,9,11H,7-8H2,1-2H3,(H,15,16). The maximum Gasteiger partial charge on any atom is 0.303 e. The molecule has 16 heavy (non-hydrogen) atoms. The maximum absolute atomic E-state index is 10.7. The number of para-hydroxylation sites is 1. The Morgan fingerprint density at radius 1 is 1.56 bits per heavy atom. The number of carboxylic acid groups (broad SMARTS) is 1. The average Bonchev–Trinajstić information content (AvgIpc) is 2.56. The van der Waals surface area contributed by atoms with Gasteiger partial charge in [0.1, 0.15) is 0 Å². The lowest BCUT2D eigenvalue weighted by molar-refractivity contribution is -0.138. The van der Waals surface area contributed by atoms with Gasteiger partial charge in [-0.25, -0.2) is 0 Å². The Morgan fingerprint density at radius 2 is 2.25 bits per heavy atom. The SMILES string of the molecule is CC(CC(=O)O)C1CN(C)c2ccccc21. The Bertz CT molecular complexity index is 403. The number of benzene rings is 1. The van der Waals surface area contributed by atoms with Gasteiger partial charge in [-0.1, -0.05) is 25.1 Å². The summed E-state index contributed by atoms with van der Waals surface area (Å²) in [6.07, 6.45) is 0.243. The molecule has 0 aromatic heterocycles. The van der Waals surface area contributed by atoms with E-state index in [4.69, 9.17) is 5.11 Å². The van der Waals surface area contributed by atoms with E-state index < -0.39 is 5.97 Å². The molecule has 0 bridgehead atoms. The number of carboxylic acids is 1. The zero-order valence-corrected chi connectivity index (χ0v) is 9.68. The van der Waals surface area contributed by atoms with Gasteiger partial charge in [0.25, 0.3) is 0 Å². The van der Waals surface area contributed by atoms with Gasteiger partial charge in [0.2, 0.25) is 0 Å². The van der Waals surface area contributed by atoms with E-state index in [1.165, 1.54) is 11.3 Å². The minimum atomic E-state index is -0.709. The number of hydrogen-bond acceptors (Lipinski definition) is 2. The normalized spacial score (nSPS) is 20.6. The fraction of sp³-hybridized carbons (Fsp3) is 0.462. The number of aliphatic carboxylic acids is 1. The molecule has 2 unspecified atom stereocenters. The molecule has 1 aliphatic rings. The van der Waals surface area contributed by atoms with Crippen molar-refractivity contribution >= 4 is 11.7 Å². The third kappa shape index (κ3) is 1.90. The van der Waals surface area contributed by atoms with Crippen LogP contribution in [0.5, 0.6) is 0 Å². The number of fused-ring (bicyclic) bond motifs is 1. The second-order valence-corrected chi connectivity index (χ2v) is 4.62. The second-order valence-electron chi connectivity index (χ2n) is 4.62. The van der Waals surface area contributed by atoms with Crippen molar-refractivity contribution in [3.63, 3.8) is 0 Å². The molecule has 0 aliphatic carbocycles. The van der Waals surface area contributed by atoms with Gasteiger partial charge in [0.15, 0.2) is 0 Å². The summed E-state index contributed by atoms with van der Waals surface area (Å²) in [5.74, 6) is -0.180. The number of carbonyl (C=O) groups is 1. The fourth-order valence-electron chi connectivity index (χ4n) is 2.54. The lowest BCUT2D eigenvalue weighted by Gasteiger charge is -2.18. The van der Waals surface area contributed by atoms with E-state index >= 15 is 0 Å². The van der Waals surface area contributed by atoms with Gasteiger partial charge in [0.05, 0.1) is 0 Å². The lowest BCUT2D eigenvalue weighted by atomic mass is 9.87. The second kappa shape index (κ2) is 4.16. The van der Waals surface area contributed by atoms with Crippen molar-refractivity contribution in [1.82, 2.24) is 0 Å². The Morgan fingerprint density at radius 3 is 2.94 bits per heavy atom. The summed E-state index contributed by atoms with van der Waals surface area (Å²) < 4.78 is 0. The van der Waals surface area contributed by atoms with Crippen molar-refractivity contribution in [3.05, 3.63) is 29.8 Å². The van der Waals surface area contributed by atoms with Crippen LogP contribution in [0.2, 0.25) is 0 Å². The van der Waals surface area contributed by atoms with Crippen LogP contribution in [0.3, 0.4) is 0 Å². The molecule has 1 N–H and O–H groups in total. The monoisotopic (exact) mass is 219 g/mol. The highest BCUT2D eigenvalue weighted by Crippen LogP contribution is 2.40. The predicted molar refractivity (Wildman–Crippen MR) is 63.9 cm³/mol. The van der Waals surface area contributed by atoms with E-state index in [9.17, 15) is 4.79 Å². The van der Waals surface area contributed by atoms with Gasteiger partial charge >= 0.3 is 5.97 Å². The van der Waals surface area contributed by atoms with Crippen molar-refractivity contribution < 1.29 is 9.90 Å². The number of rotatable bonds is 3. The minimum Gasteiger partial charge on any atom is -0.481 e. The highest BCUT2D eigenvalue weighted by atomic mass is 16.4. The summed E-state index contributed by atoms with van der Waals surface area (Å²) in [7, 11) is 2.06. The Kier molecular flexibility index (Phi) is 2.86. The summed E-state index contributed by atoms with van der Waals surface area (Å²) >= 11 is 0. The minimum absolute atomic E-state index is 0.184. The van der Waals surface area contributed by atoms with E-state index in [0.29, 0.717) is 5.92 Å². The molecule has 86 valence electrons. The number of likely N-dealkylation sites (N-methyl/N-ethyl adjacent to an activating group) is 1. The summed E-state index contributed by atoms with van der Waals surface area (Å²) in [6, 6.07) is 8.27. The largest absolute Gasteiger partial charge is 0.481 e. The molecule has 1 aliphatic heterocycles. The van der Waals surface area contributed by atoms with Crippen molar-refractivity contribution in [1.29, 1.82) is 0 Å². The molecule has 1 heterocycles. The van der Waals surface area contributed by atoms with Crippen LogP contribution in [-0.2, 0) is 4.79 Å². The third-order valence-corrected chi connectivity index (χ3v) is 3.40. The first kappa shape index (κ1) is 11.0. The van der Waals surface area contributed by atoms with Crippen molar-refractivity contribution in [2.75, 3.05) is 18.5 Å². The molecule has 0 radical (unpaired) electrons. The smallest absolute Gasteiger partial charge is 0.303 e. The van der Waals surface area contributed by atoms with Crippen molar-refractivity contribution in [3.8, 4) is 0 Å². The van der Waals surface area contributed by atoms with Crippen molar-refractivity contribution in [2.24, 2.45) is 5.92 Å². The van der Waals surface area contributed by atoms with E-state index in [1.807, 2.05) is 19.1 Å². The molecule has 0 saturated carbocycles. The predicted octanol–water partition coefficient (Wildman–Crippen LogP) is 2.33. The lowest BCUT2D eigenvalue weighted by Crippen LogP contribution is -2.20. The molecule has 3 nitrogen and oxygen atoms in total. The van der Waals surface area contributed by atoms with Gasteiger partial charge in [0, 0.05) is 31.6 Å². The molecule has 0 spiro atoms. The van der Waals surface area contributed by atoms with E-state index in [2.05, 4.69) is 24.1 Å². The molecule has 0 amide bonds. The summed E-state index contributed by atoms with van der Waals surface area (Å²) in [6.45, 7) is 2.95. The van der Waals surface area contributed by atoms with Gasteiger partial charge in [-0.2, -0.15) is 0 Å². The third-order valence-electron chi connectivity index (χ3n) is 3.40. The molecular formula is C13H17NO2. The van der Waals surface area contributed by atoms with E-state index in [1.54, 1.807) is 0 Å². The van der Waals surface area contributed by atoms with Gasteiger partial charge in [-0.05, 0) is 17.5 Å². The zero-order valence-electron chi connectivity index (χ0n) is 9.68. The first-order valence-electron chi connectivity index (χ1n) is 5.61. The number of nitrogens with zero attached hydrogens (tertiary/aromatic N) is 1. The molecule has 3 heteroatoms. The van der Waals surface area contributed by atoms with Crippen LogP contribution >= 0.6 is 0 Å². The topological polar surface area (TPSA) is 40.5 Å². The van der Waals surface area contributed by atoms with Crippen LogP contribution in [0.25, 0.3) is 0 Å². The van der Waals surface area contributed by atoms with Crippen LogP contribution < -0.4 is 4.90 Å². The molecule has 0 saturated heterocycles. The van der Waals surface area contributed by atoms with Crippen LogP contribution in [0, 0.1) is 5.92 Å². The van der Waals surface area contributed by atoms with Gasteiger partial charge < -0.3 is 10.0 Å². The molecule has 2 atom stereocenters. The Hall–Kier alpha value is -1.51. The highest BCUT2D eigenvalue weighted by molar-refractivity contribution is 5.68. The highest BCUT2D eigenvalue weighted by Gasteiger charge is 2.30. The number of anilines is 1. The van der Waals surface area contributed by atoms with Crippen LogP contribution in [0.15, 0.2) is 24.3 Å². The molecule has 2 rings (SSSR count). The molecular weight excluding hydrogens is 202 g/mol. The Labute approximate surface area is 95.7 Å². The maximum atomic E-state index is 10.7. The first-order chi connectivity index (χ1) is 7.59. The summed E-state index contributed by atoms with van der Waals surface area (Å²) in [5.41, 5.74) is 2.53. The van der Waals surface area contributed by atoms with Crippen LogP contribution in [0.4, 0.5) is 5.69 Å². The van der Waals surface area contributed by atoms with Gasteiger partial charge in [-0.3, -0.25) is 4.79 Å².